The molecule has 0 spiro atoms. The fraction of sp³-hybridized carbons (Fsp3) is 0.538. The molecule has 7 heteroatoms. The molecule has 0 saturated heterocycles. The van der Waals surface area contributed by atoms with Crippen molar-refractivity contribution in [3.05, 3.63) is 18.5 Å². The number of nitrogens with zero attached hydrogens (tertiary/aromatic N) is 5. The minimum Gasteiger partial charge on any atom is -0.368 e. The molecule has 2 aliphatic carbocycles. The van der Waals surface area contributed by atoms with Gasteiger partial charge in [-0.15, -0.1) is 0 Å². The van der Waals surface area contributed by atoms with Gasteiger partial charge in [-0.25, -0.2) is 4.68 Å². The van der Waals surface area contributed by atoms with E-state index in [2.05, 4.69) is 25.4 Å². The molecule has 0 aromatic carbocycles. The van der Waals surface area contributed by atoms with Crippen molar-refractivity contribution in [2.75, 3.05) is 11.1 Å². The highest BCUT2D eigenvalue weighted by Gasteiger charge is 2.41. The summed E-state index contributed by atoms with van der Waals surface area (Å²) in [6.45, 7) is 0. The number of nitrogens with two attached hydrogens (primary N) is 1. The smallest absolute Gasteiger partial charge is 0.257 e. The molecule has 2 heterocycles. The first-order valence-corrected chi connectivity index (χ1v) is 7.08. The van der Waals surface area contributed by atoms with Crippen molar-refractivity contribution in [2.24, 2.45) is 11.8 Å². The van der Waals surface area contributed by atoms with Gasteiger partial charge in [-0.05, 0) is 43.6 Å². The van der Waals surface area contributed by atoms with Gasteiger partial charge >= 0.3 is 0 Å². The Morgan fingerprint density at radius 1 is 1.15 bits per heavy atom. The van der Waals surface area contributed by atoms with E-state index in [1.54, 1.807) is 17.1 Å². The zero-order chi connectivity index (χ0) is 13.5. The molecule has 0 unspecified atom stereocenters. The SMILES string of the molecule is Nc1nc(NC(C2CC2)C2CC2)nc(-n2cccn2)n1. The molecule has 20 heavy (non-hydrogen) atoms. The highest BCUT2D eigenvalue weighted by atomic mass is 15.4. The minimum absolute atomic E-state index is 0.221. The third-order valence-corrected chi connectivity index (χ3v) is 3.91. The van der Waals surface area contributed by atoms with Crippen LogP contribution in [0.1, 0.15) is 25.7 Å². The Bertz CT molecular complexity index is 589. The molecule has 104 valence electrons. The molecule has 0 atom stereocenters. The Kier molecular flexibility index (Phi) is 2.58. The molecule has 0 amide bonds. The van der Waals surface area contributed by atoms with Gasteiger partial charge in [-0.2, -0.15) is 20.1 Å². The summed E-state index contributed by atoms with van der Waals surface area (Å²) in [6, 6.07) is 2.31. The highest BCUT2D eigenvalue weighted by Crippen LogP contribution is 2.45. The van der Waals surface area contributed by atoms with Gasteiger partial charge in [-0.1, -0.05) is 0 Å². The summed E-state index contributed by atoms with van der Waals surface area (Å²) in [4.78, 5) is 12.8. The number of hydrogen-bond donors (Lipinski definition) is 2. The summed E-state index contributed by atoms with van der Waals surface area (Å²) >= 11 is 0. The standard InChI is InChI=1S/C13H17N7/c14-11-17-12(16-10(8-2-3-8)9-4-5-9)19-13(18-11)20-7-1-6-15-20/h1,6-10H,2-5H2,(H3,14,16,17,18,19). The van der Waals surface area contributed by atoms with Gasteiger partial charge in [0.15, 0.2) is 0 Å². The van der Waals surface area contributed by atoms with Crippen LogP contribution in [0.2, 0.25) is 0 Å². The molecule has 2 aromatic heterocycles. The van der Waals surface area contributed by atoms with Crippen LogP contribution in [0.25, 0.3) is 5.95 Å². The molecule has 2 fully saturated rings. The van der Waals surface area contributed by atoms with E-state index in [4.69, 9.17) is 5.73 Å². The molecule has 4 rings (SSSR count). The van der Waals surface area contributed by atoms with Gasteiger partial charge in [0.25, 0.3) is 5.95 Å². The van der Waals surface area contributed by atoms with Crippen LogP contribution >= 0.6 is 0 Å². The summed E-state index contributed by atoms with van der Waals surface area (Å²) in [5.41, 5.74) is 5.78. The minimum atomic E-state index is 0.221. The molecular formula is C13H17N7. The maximum absolute atomic E-state index is 5.78. The fourth-order valence-corrected chi connectivity index (χ4v) is 2.62. The second kappa shape index (κ2) is 4.43. The number of aromatic nitrogens is 5. The van der Waals surface area contributed by atoms with E-state index in [-0.39, 0.29) is 5.95 Å². The predicted octanol–water partition coefficient (Wildman–Crippen LogP) is 1.24. The lowest BCUT2D eigenvalue weighted by atomic mass is 10.1. The first-order valence-electron chi connectivity index (χ1n) is 7.08. The lowest BCUT2D eigenvalue weighted by Gasteiger charge is -2.17. The second-order valence-electron chi connectivity index (χ2n) is 5.61. The van der Waals surface area contributed by atoms with Crippen LogP contribution in [0.15, 0.2) is 18.5 Å². The summed E-state index contributed by atoms with van der Waals surface area (Å²) in [6.07, 6.45) is 8.70. The Morgan fingerprint density at radius 3 is 2.50 bits per heavy atom. The van der Waals surface area contributed by atoms with Crippen molar-refractivity contribution in [3.63, 3.8) is 0 Å². The maximum atomic E-state index is 5.78. The highest BCUT2D eigenvalue weighted by molar-refractivity contribution is 5.36. The van der Waals surface area contributed by atoms with Crippen molar-refractivity contribution in [1.82, 2.24) is 24.7 Å². The van der Waals surface area contributed by atoms with Gasteiger partial charge in [-0.3, -0.25) is 0 Å². The molecule has 2 aromatic rings. The number of nitrogen functional groups attached to an aromatic ring is 1. The molecule has 3 N–H and O–H groups in total. The average molecular weight is 271 g/mol. The summed E-state index contributed by atoms with van der Waals surface area (Å²) < 4.78 is 1.59. The summed E-state index contributed by atoms with van der Waals surface area (Å²) in [5.74, 6) is 2.78. The third kappa shape index (κ3) is 2.31. The Balaban J connectivity index is 1.60. The lowest BCUT2D eigenvalue weighted by Crippen LogP contribution is -2.26. The fourth-order valence-electron chi connectivity index (χ4n) is 2.62. The summed E-state index contributed by atoms with van der Waals surface area (Å²) in [5, 5.41) is 7.59. The van der Waals surface area contributed by atoms with Crippen LogP contribution in [-0.2, 0) is 0 Å². The topological polar surface area (TPSA) is 94.5 Å². The Morgan fingerprint density at radius 2 is 1.90 bits per heavy atom. The van der Waals surface area contributed by atoms with Crippen LogP contribution in [0.3, 0.4) is 0 Å². The van der Waals surface area contributed by atoms with Gasteiger partial charge in [0.05, 0.1) is 0 Å². The molecule has 7 nitrogen and oxygen atoms in total. The van der Waals surface area contributed by atoms with E-state index in [1.165, 1.54) is 25.7 Å². The summed E-state index contributed by atoms with van der Waals surface area (Å²) in [7, 11) is 0. The number of anilines is 2. The van der Waals surface area contributed by atoms with E-state index in [9.17, 15) is 0 Å². The van der Waals surface area contributed by atoms with E-state index in [1.807, 2.05) is 6.07 Å². The monoisotopic (exact) mass is 271 g/mol. The molecule has 0 aliphatic heterocycles. The molecular weight excluding hydrogens is 254 g/mol. The van der Waals surface area contributed by atoms with Gasteiger partial charge in [0.2, 0.25) is 11.9 Å². The molecule has 2 saturated carbocycles. The lowest BCUT2D eigenvalue weighted by molar-refractivity contribution is 0.562. The largest absolute Gasteiger partial charge is 0.368 e. The maximum Gasteiger partial charge on any atom is 0.257 e. The first kappa shape index (κ1) is 11.6. The van der Waals surface area contributed by atoms with Gasteiger partial charge < -0.3 is 11.1 Å². The van der Waals surface area contributed by atoms with Gasteiger partial charge in [0, 0.05) is 18.4 Å². The molecule has 0 radical (unpaired) electrons. The first-order chi connectivity index (χ1) is 9.79. The number of hydrogen-bond acceptors (Lipinski definition) is 6. The van der Waals surface area contributed by atoms with E-state index in [0.717, 1.165) is 11.8 Å². The third-order valence-electron chi connectivity index (χ3n) is 3.91. The van der Waals surface area contributed by atoms with E-state index >= 15 is 0 Å². The van der Waals surface area contributed by atoms with E-state index < -0.39 is 0 Å². The average Bonchev–Trinajstić information content (AvgIpc) is 3.35. The van der Waals surface area contributed by atoms with Crippen LogP contribution < -0.4 is 11.1 Å². The van der Waals surface area contributed by atoms with Crippen LogP contribution in [0.4, 0.5) is 11.9 Å². The zero-order valence-corrected chi connectivity index (χ0v) is 11.1. The normalized spacial score (nSPS) is 18.4. The van der Waals surface area contributed by atoms with Gasteiger partial charge in [0.1, 0.15) is 0 Å². The van der Waals surface area contributed by atoms with Crippen molar-refractivity contribution >= 4 is 11.9 Å². The second-order valence-corrected chi connectivity index (χ2v) is 5.61. The number of rotatable bonds is 5. The van der Waals surface area contributed by atoms with Crippen LogP contribution in [0, 0.1) is 11.8 Å². The van der Waals surface area contributed by atoms with E-state index in [0.29, 0.717) is 17.9 Å². The van der Waals surface area contributed by atoms with Crippen molar-refractivity contribution in [3.8, 4) is 5.95 Å². The Labute approximate surface area is 116 Å². The Hall–Kier alpha value is -2.18. The van der Waals surface area contributed by atoms with Crippen molar-refractivity contribution in [1.29, 1.82) is 0 Å². The predicted molar refractivity (Wildman–Crippen MR) is 74.2 cm³/mol. The molecule has 0 bridgehead atoms. The number of nitrogens with one attached hydrogen (secondary N) is 1. The quantitative estimate of drug-likeness (QED) is 0.849. The zero-order valence-electron chi connectivity index (χ0n) is 11.1. The molecule has 2 aliphatic rings. The van der Waals surface area contributed by atoms with Crippen molar-refractivity contribution < 1.29 is 0 Å². The van der Waals surface area contributed by atoms with Crippen molar-refractivity contribution in [2.45, 2.75) is 31.7 Å². The van der Waals surface area contributed by atoms with Crippen LogP contribution in [-0.4, -0.2) is 30.8 Å². The van der Waals surface area contributed by atoms with Crippen LogP contribution in [0.5, 0.6) is 0 Å².